The van der Waals surface area contributed by atoms with Crippen LogP contribution >= 0.6 is 23.2 Å². The Hall–Kier alpha value is -2.10. The fourth-order valence-corrected chi connectivity index (χ4v) is 3.98. The van der Waals surface area contributed by atoms with E-state index in [-0.39, 0.29) is 36.7 Å². The minimum Gasteiger partial charge on any atom is -0.374 e. The lowest BCUT2D eigenvalue weighted by Gasteiger charge is -2.35. The molecule has 1 aromatic heterocycles. The van der Waals surface area contributed by atoms with E-state index in [9.17, 15) is 27.9 Å². The van der Waals surface area contributed by atoms with Gasteiger partial charge in [-0.2, -0.15) is 13.2 Å². The zero-order valence-electron chi connectivity index (χ0n) is 16.5. The zero-order chi connectivity index (χ0) is 23.0. The molecule has 0 radical (unpaired) electrons. The number of hydrogen-bond donors (Lipinski definition) is 1. The van der Waals surface area contributed by atoms with Crippen LogP contribution in [0.25, 0.3) is 0 Å². The van der Waals surface area contributed by atoms with Gasteiger partial charge in [-0.05, 0) is 31.0 Å². The van der Waals surface area contributed by atoms with Crippen LogP contribution in [0.3, 0.4) is 0 Å². The second-order valence-corrected chi connectivity index (χ2v) is 8.36. The summed E-state index contributed by atoms with van der Waals surface area (Å²) in [5.41, 5.74) is -3.02. The maximum absolute atomic E-state index is 13.7. The predicted molar refractivity (Wildman–Crippen MR) is 108 cm³/mol. The van der Waals surface area contributed by atoms with Crippen molar-refractivity contribution in [3.05, 3.63) is 52.0 Å². The molecule has 1 aliphatic heterocycles. The van der Waals surface area contributed by atoms with Crippen molar-refractivity contribution in [2.45, 2.75) is 31.0 Å². The highest BCUT2D eigenvalue weighted by molar-refractivity contribution is 6.42. The number of aryl methyl sites for hydroxylation is 1. The van der Waals surface area contributed by atoms with Crippen molar-refractivity contribution in [3.63, 3.8) is 0 Å². The molecule has 1 aromatic carbocycles. The maximum atomic E-state index is 13.7. The van der Waals surface area contributed by atoms with E-state index < -0.39 is 35.8 Å². The summed E-state index contributed by atoms with van der Waals surface area (Å²) < 4.78 is 42.0. The molecule has 0 spiro atoms. The van der Waals surface area contributed by atoms with E-state index in [1.54, 1.807) is 6.07 Å². The third-order valence-corrected chi connectivity index (χ3v) is 6.23. The van der Waals surface area contributed by atoms with E-state index in [4.69, 9.17) is 23.2 Å². The summed E-state index contributed by atoms with van der Waals surface area (Å²) in [5, 5.41) is 11.0. The fraction of sp³-hybridized carbons (Fsp3) is 0.450. The molecule has 1 atom stereocenters. The van der Waals surface area contributed by atoms with Crippen LogP contribution in [0.15, 0.2) is 30.6 Å². The molecule has 2 aromatic rings. The van der Waals surface area contributed by atoms with Gasteiger partial charge in [0, 0.05) is 44.0 Å². The zero-order valence-corrected chi connectivity index (χ0v) is 18.0. The molecule has 168 valence electrons. The molecule has 1 N–H and O–H groups in total. The van der Waals surface area contributed by atoms with Crippen molar-refractivity contribution in [2.75, 3.05) is 13.1 Å². The van der Waals surface area contributed by atoms with Gasteiger partial charge in [-0.25, -0.2) is 4.98 Å². The van der Waals surface area contributed by atoms with Crippen molar-refractivity contribution in [3.8, 4) is 0 Å². The lowest BCUT2D eigenvalue weighted by Crippen LogP contribution is -2.50. The molecule has 0 aliphatic carbocycles. The first-order valence-electron chi connectivity index (χ1n) is 9.48. The number of benzene rings is 1. The number of ketones is 1. The average molecular weight is 478 g/mol. The van der Waals surface area contributed by atoms with Gasteiger partial charge in [-0.1, -0.05) is 23.2 Å². The molecule has 1 unspecified atom stereocenters. The second-order valence-electron chi connectivity index (χ2n) is 7.54. The maximum Gasteiger partial charge on any atom is 0.425 e. The van der Waals surface area contributed by atoms with E-state index in [1.165, 1.54) is 30.3 Å². The highest BCUT2D eigenvalue weighted by Crippen LogP contribution is 2.41. The predicted octanol–water partition coefficient (Wildman–Crippen LogP) is 3.99. The van der Waals surface area contributed by atoms with Gasteiger partial charge in [0.2, 0.25) is 11.5 Å². The Morgan fingerprint density at radius 2 is 1.84 bits per heavy atom. The molecule has 0 saturated carbocycles. The number of piperidine rings is 1. The number of alkyl halides is 3. The van der Waals surface area contributed by atoms with Gasteiger partial charge in [0.25, 0.3) is 0 Å². The smallest absolute Gasteiger partial charge is 0.374 e. The topological polar surface area (TPSA) is 75.4 Å². The number of imidazole rings is 1. The minimum absolute atomic E-state index is 0.102. The van der Waals surface area contributed by atoms with Crippen LogP contribution in [0, 0.1) is 5.92 Å². The number of aromatic nitrogens is 2. The first kappa shape index (κ1) is 23.6. The number of amides is 1. The van der Waals surface area contributed by atoms with Crippen LogP contribution in [0.5, 0.6) is 0 Å². The van der Waals surface area contributed by atoms with Crippen LogP contribution in [0.2, 0.25) is 10.0 Å². The molecule has 6 nitrogen and oxygen atoms in total. The normalized spacial score (nSPS) is 17.5. The largest absolute Gasteiger partial charge is 0.425 e. The molecule has 1 fully saturated rings. The van der Waals surface area contributed by atoms with Crippen molar-refractivity contribution in [1.29, 1.82) is 0 Å². The van der Waals surface area contributed by atoms with Gasteiger partial charge in [-0.15, -0.1) is 0 Å². The number of carbonyl (C=O) groups is 2. The Kier molecular flexibility index (Phi) is 6.69. The minimum atomic E-state index is -5.09. The van der Waals surface area contributed by atoms with Crippen LogP contribution in [-0.4, -0.2) is 50.5 Å². The number of hydrogen-bond acceptors (Lipinski definition) is 4. The SMILES string of the molecule is Cn1ccnc1C(O)(CC(=O)N1CCC(C(=O)c2ccc(Cl)c(Cl)c2)CC1)C(F)(F)F. The lowest BCUT2D eigenvalue weighted by atomic mass is 9.88. The second kappa shape index (κ2) is 8.80. The van der Waals surface area contributed by atoms with Crippen LogP contribution in [0.1, 0.15) is 35.4 Å². The first-order chi connectivity index (χ1) is 14.4. The molecule has 3 rings (SSSR count). The van der Waals surface area contributed by atoms with Gasteiger partial charge >= 0.3 is 6.18 Å². The van der Waals surface area contributed by atoms with Gasteiger partial charge in [0.1, 0.15) is 0 Å². The number of halogens is 5. The summed E-state index contributed by atoms with van der Waals surface area (Å²) in [7, 11) is 1.31. The van der Waals surface area contributed by atoms with Crippen LogP contribution in [-0.2, 0) is 17.4 Å². The standard InChI is InChI=1S/C20H20Cl2F3N3O3/c1-27-9-6-26-18(27)19(31,20(23,24)25)11-16(29)28-7-4-12(5-8-28)17(30)13-2-3-14(21)15(22)10-13/h2-3,6,9-10,12,31H,4-5,7-8,11H2,1H3. The van der Waals surface area contributed by atoms with Gasteiger partial charge in [0.15, 0.2) is 11.6 Å². The summed E-state index contributed by atoms with van der Waals surface area (Å²) in [6.07, 6.45) is -3.32. The summed E-state index contributed by atoms with van der Waals surface area (Å²) >= 11 is 11.8. The number of Topliss-reactive ketones (excluding diaryl/α,β-unsaturated/α-hetero) is 1. The Morgan fingerprint density at radius 3 is 2.35 bits per heavy atom. The molecule has 2 heterocycles. The number of nitrogens with zero attached hydrogens (tertiary/aromatic N) is 3. The lowest BCUT2D eigenvalue weighted by molar-refractivity contribution is -0.272. The van der Waals surface area contributed by atoms with Gasteiger partial charge < -0.3 is 14.6 Å². The van der Waals surface area contributed by atoms with Crippen molar-refractivity contribution in [2.24, 2.45) is 13.0 Å². The average Bonchev–Trinajstić information content (AvgIpc) is 3.15. The number of rotatable bonds is 5. The molecule has 0 bridgehead atoms. The highest BCUT2D eigenvalue weighted by atomic mass is 35.5. The Balaban J connectivity index is 1.67. The molecular weight excluding hydrogens is 458 g/mol. The van der Waals surface area contributed by atoms with Crippen LogP contribution < -0.4 is 0 Å². The van der Waals surface area contributed by atoms with E-state index in [1.807, 2.05) is 0 Å². The Bertz CT molecular complexity index is 988. The first-order valence-corrected chi connectivity index (χ1v) is 10.2. The third kappa shape index (κ3) is 4.73. The summed E-state index contributed by atoms with van der Waals surface area (Å²) in [6, 6.07) is 4.55. The number of likely N-dealkylation sites (tertiary alicyclic amines) is 1. The van der Waals surface area contributed by atoms with Crippen molar-refractivity contribution < 1.29 is 27.9 Å². The number of aliphatic hydroxyl groups is 1. The van der Waals surface area contributed by atoms with E-state index in [0.29, 0.717) is 10.6 Å². The quantitative estimate of drug-likeness (QED) is 0.660. The fourth-order valence-electron chi connectivity index (χ4n) is 3.68. The molecule has 1 amide bonds. The Labute approximate surface area is 186 Å². The summed E-state index contributed by atoms with van der Waals surface area (Å²) in [4.78, 5) is 30.1. The molecule has 1 aliphatic rings. The summed E-state index contributed by atoms with van der Waals surface area (Å²) in [6.45, 7) is 0.204. The van der Waals surface area contributed by atoms with Crippen molar-refractivity contribution >= 4 is 34.9 Å². The van der Waals surface area contributed by atoms with E-state index in [2.05, 4.69) is 4.98 Å². The van der Waals surface area contributed by atoms with Gasteiger partial charge in [-0.3, -0.25) is 9.59 Å². The van der Waals surface area contributed by atoms with E-state index >= 15 is 0 Å². The van der Waals surface area contributed by atoms with E-state index in [0.717, 1.165) is 10.8 Å². The van der Waals surface area contributed by atoms with Crippen molar-refractivity contribution in [1.82, 2.24) is 14.5 Å². The monoisotopic (exact) mass is 477 g/mol. The highest BCUT2D eigenvalue weighted by Gasteiger charge is 2.59. The molecule has 1 saturated heterocycles. The van der Waals surface area contributed by atoms with Gasteiger partial charge in [0.05, 0.1) is 16.5 Å². The molecule has 11 heteroatoms. The third-order valence-electron chi connectivity index (χ3n) is 5.49. The molecular formula is C20H20Cl2F3N3O3. The Morgan fingerprint density at radius 1 is 1.19 bits per heavy atom. The number of carbonyl (C=O) groups excluding carboxylic acids is 2. The van der Waals surface area contributed by atoms with Crippen LogP contribution in [0.4, 0.5) is 13.2 Å². The molecule has 31 heavy (non-hydrogen) atoms. The summed E-state index contributed by atoms with van der Waals surface area (Å²) in [5.74, 6) is -2.07.